The molecule has 1 aliphatic rings. The van der Waals surface area contributed by atoms with Gasteiger partial charge in [-0.15, -0.1) is 0 Å². The maximum absolute atomic E-state index is 13.0. The molecule has 2 rings (SSSR count). The first-order chi connectivity index (χ1) is 11.2. The minimum absolute atomic E-state index is 0.267. The zero-order chi connectivity index (χ0) is 16.5. The van der Waals surface area contributed by atoms with Crippen molar-refractivity contribution in [3.63, 3.8) is 0 Å². The second-order valence-electron chi connectivity index (χ2n) is 6.87. The van der Waals surface area contributed by atoms with Crippen LogP contribution in [0.2, 0.25) is 0 Å². The molecule has 0 aromatic heterocycles. The van der Waals surface area contributed by atoms with Crippen molar-refractivity contribution in [2.75, 3.05) is 0 Å². The van der Waals surface area contributed by atoms with E-state index < -0.39 is 5.83 Å². The number of hydrogen-bond acceptors (Lipinski definition) is 1. The number of nitriles is 1. The lowest BCUT2D eigenvalue weighted by Gasteiger charge is -2.26. The van der Waals surface area contributed by atoms with E-state index in [4.69, 9.17) is 5.26 Å². The van der Waals surface area contributed by atoms with Crippen molar-refractivity contribution in [2.45, 2.75) is 64.7 Å². The Morgan fingerprint density at radius 2 is 1.74 bits per heavy atom. The molecule has 0 heterocycles. The first-order valence-corrected chi connectivity index (χ1v) is 9.06. The van der Waals surface area contributed by atoms with Crippen LogP contribution in [0, 0.1) is 23.2 Å². The predicted molar refractivity (Wildman–Crippen MR) is 93.6 cm³/mol. The first-order valence-electron chi connectivity index (χ1n) is 9.06. The molecule has 1 aromatic carbocycles. The van der Waals surface area contributed by atoms with Crippen molar-refractivity contribution in [3.05, 3.63) is 47.3 Å². The number of benzene rings is 1. The summed E-state index contributed by atoms with van der Waals surface area (Å²) in [5, 5.41) is 8.50. The highest BCUT2D eigenvalue weighted by Gasteiger charge is 2.20. The van der Waals surface area contributed by atoms with E-state index in [1.54, 1.807) is 6.07 Å². The number of halogens is 1. The topological polar surface area (TPSA) is 23.8 Å². The number of aryl methyl sites for hydroxylation is 2. The lowest BCUT2D eigenvalue weighted by atomic mass is 9.79. The number of hydrogen-bond donors (Lipinski definition) is 0. The van der Waals surface area contributed by atoms with Crippen LogP contribution in [0.3, 0.4) is 0 Å². The molecule has 23 heavy (non-hydrogen) atoms. The Morgan fingerprint density at radius 3 is 2.30 bits per heavy atom. The number of unbranched alkanes of at least 4 members (excludes halogenated alkanes) is 1. The van der Waals surface area contributed by atoms with E-state index in [2.05, 4.69) is 31.2 Å². The minimum atomic E-state index is -0.614. The predicted octanol–water partition coefficient (Wildman–Crippen LogP) is 6.15. The van der Waals surface area contributed by atoms with Crippen LogP contribution in [0.15, 0.2) is 36.2 Å². The third-order valence-corrected chi connectivity index (χ3v) is 5.06. The molecule has 0 radical (unpaired) electrons. The van der Waals surface area contributed by atoms with Crippen molar-refractivity contribution in [1.82, 2.24) is 0 Å². The fourth-order valence-corrected chi connectivity index (χ4v) is 3.51. The summed E-state index contributed by atoms with van der Waals surface area (Å²) < 4.78 is 13.0. The van der Waals surface area contributed by atoms with Crippen molar-refractivity contribution in [2.24, 2.45) is 11.8 Å². The van der Waals surface area contributed by atoms with Gasteiger partial charge >= 0.3 is 0 Å². The molecule has 0 amide bonds. The summed E-state index contributed by atoms with van der Waals surface area (Å²) in [5.74, 6) is 0.407. The molecule has 1 aliphatic carbocycles. The smallest absolute Gasteiger partial charge is 0.195 e. The molecule has 2 heteroatoms. The van der Waals surface area contributed by atoms with Crippen LogP contribution in [0.5, 0.6) is 0 Å². The molecule has 124 valence electrons. The van der Waals surface area contributed by atoms with Gasteiger partial charge in [0.25, 0.3) is 0 Å². The van der Waals surface area contributed by atoms with Gasteiger partial charge in [-0.2, -0.15) is 9.65 Å². The van der Waals surface area contributed by atoms with Gasteiger partial charge < -0.3 is 0 Å². The maximum Gasteiger partial charge on any atom is 0.196 e. The molecule has 0 N–H and O–H groups in total. The van der Waals surface area contributed by atoms with Crippen molar-refractivity contribution in [1.29, 1.82) is 5.26 Å². The molecule has 1 fully saturated rings. The van der Waals surface area contributed by atoms with Crippen LogP contribution in [-0.2, 0) is 12.8 Å². The molecule has 0 aliphatic heterocycles. The molecular weight excluding hydrogens is 285 g/mol. The molecule has 0 bridgehead atoms. The van der Waals surface area contributed by atoms with Gasteiger partial charge in [0.1, 0.15) is 6.07 Å². The lowest BCUT2D eigenvalue weighted by Crippen LogP contribution is -2.14. The van der Waals surface area contributed by atoms with Crippen LogP contribution < -0.4 is 0 Å². The molecular formula is C21H28FN. The number of rotatable bonds is 7. The average Bonchev–Trinajstić information content (AvgIpc) is 2.60. The van der Waals surface area contributed by atoms with Gasteiger partial charge in [-0.3, -0.25) is 0 Å². The fourth-order valence-electron chi connectivity index (χ4n) is 3.51. The first kappa shape index (κ1) is 17.7. The Kier molecular flexibility index (Phi) is 7.33. The van der Waals surface area contributed by atoms with Gasteiger partial charge in [0.05, 0.1) is 0 Å². The Hall–Kier alpha value is -1.62. The van der Waals surface area contributed by atoms with Crippen LogP contribution in [-0.4, -0.2) is 0 Å². The summed E-state index contributed by atoms with van der Waals surface area (Å²) in [6.45, 7) is 2.23. The van der Waals surface area contributed by atoms with Gasteiger partial charge in [-0.25, -0.2) is 0 Å². The van der Waals surface area contributed by atoms with Gasteiger partial charge in [-0.05, 0) is 80.4 Å². The normalized spacial score (nSPS) is 21.9. The zero-order valence-electron chi connectivity index (χ0n) is 14.2. The molecule has 0 unspecified atom stereocenters. The van der Waals surface area contributed by atoms with Gasteiger partial charge in [0.15, 0.2) is 5.83 Å². The zero-order valence-corrected chi connectivity index (χ0v) is 14.2. The summed E-state index contributed by atoms with van der Waals surface area (Å²) >= 11 is 0. The summed E-state index contributed by atoms with van der Waals surface area (Å²) in [6.07, 6.45) is 12.0. The highest BCUT2D eigenvalue weighted by Crippen LogP contribution is 2.33. The van der Waals surface area contributed by atoms with E-state index in [9.17, 15) is 4.39 Å². The van der Waals surface area contributed by atoms with Gasteiger partial charge in [0.2, 0.25) is 0 Å². The van der Waals surface area contributed by atoms with E-state index in [0.717, 1.165) is 38.0 Å². The Morgan fingerprint density at radius 1 is 1.13 bits per heavy atom. The van der Waals surface area contributed by atoms with Crippen molar-refractivity contribution < 1.29 is 4.39 Å². The monoisotopic (exact) mass is 313 g/mol. The molecule has 1 saturated carbocycles. The fraction of sp³-hybridized carbons (Fsp3) is 0.571. The van der Waals surface area contributed by atoms with Crippen LogP contribution in [0.25, 0.3) is 0 Å². The summed E-state index contributed by atoms with van der Waals surface area (Å²) in [7, 11) is 0. The van der Waals surface area contributed by atoms with E-state index in [1.165, 1.54) is 42.9 Å². The van der Waals surface area contributed by atoms with Crippen molar-refractivity contribution >= 4 is 0 Å². The minimum Gasteiger partial charge on any atom is -0.195 e. The highest BCUT2D eigenvalue weighted by molar-refractivity contribution is 5.22. The number of allylic oxidation sites excluding steroid dienone is 2. The Labute approximate surface area is 140 Å². The molecule has 0 spiro atoms. The second kappa shape index (κ2) is 9.50. The summed E-state index contributed by atoms with van der Waals surface area (Å²) in [5.41, 5.74) is 2.88. The van der Waals surface area contributed by atoms with E-state index in [0.29, 0.717) is 0 Å². The molecule has 0 saturated heterocycles. The molecule has 0 atom stereocenters. The standard InChI is InChI=1S/C21H28FN/c1-2-3-4-17-5-7-18(8-6-17)9-10-19-11-13-20(14-12-19)15-21(22)16-23/h5-8,15,19-20H,2-4,9-14H2,1H3/t19-,20-. The molecule has 1 aromatic rings. The quantitative estimate of drug-likeness (QED) is 0.554. The van der Waals surface area contributed by atoms with Crippen LogP contribution in [0.1, 0.15) is 63.0 Å². The van der Waals surface area contributed by atoms with Gasteiger partial charge in [0, 0.05) is 0 Å². The van der Waals surface area contributed by atoms with E-state index in [-0.39, 0.29) is 5.92 Å². The van der Waals surface area contributed by atoms with Crippen molar-refractivity contribution in [3.8, 4) is 6.07 Å². The summed E-state index contributed by atoms with van der Waals surface area (Å²) in [4.78, 5) is 0. The highest BCUT2D eigenvalue weighted by atomic mass is 19.1. The van der Waals surface area contributed by atoms with Crippen LogP contribution >= 0.6 is 0 Å². The average molecular weight is 313 g/mol. The third-order valence-electron chi connectivity index (χ3n) is 5.06. The van der Waals surface area contributed by atoms with Crippen LogP contribution in [0.4, 0.5) is 4.39 Å². The number of nitrogens with zero attached hydrogens (tertiary/aromatic N) is 1. The Balaban J connectivity index is 1.72. The molecule has 1 nitrogen and oxygen atoms in total. The largest absolute Gasteiger partial charge is 0.196 e. The van der Waals surface area contributed by atoms with Gasteiger partial charge in [-0.1, -0.05) is 37.6 Å². The maximum atomic E-state index is 13.0. The second-order valence-corrected chi connectivity index (χ2v) is 6.87. The Bertz CT molecular complexity index is 530. The lowest BCUT2D eigenvalue weighted by molar-refractivity contribution is 0.294. The third kappa shape index (κ3) is 6.18. The summed E-state index contributed by atoms with van der Waals surface area (Å²) in [6, 6.07) is 10.7. The van der Waals surface area contributed by atoms with E-state index >= 15 is 0 Å². The SMILES string of the molecule is CCCCc1ccc(CC[C@H]2CC[C@H](C=C(F)C#N)CC2)cc1. The van der Waals surface area contributed by atoms with E-state index in [1.807, 2.05) is 0 Å².